The molecule has 0 spiro atoms. The van der Waals surface area contributed by atoms with Gasteiger partial charge in [-0.25, -0.2) is 8.42 Å². The Hall–Kier alpha value is -2.64. The number of amidine groups is 1. The number of carbonyl (C=O) groups is 1. The molecule has 1 saturated heterocycles. The first-order valence-electron chi connectivity index (χ1n) is 12.9. The molecule has 1 aliphatic heterocycles. The first kappa shape index (κ1) is 25.0. The molecule has 10 heteroatoms. The Morgan fingerprint density at radius 2 is 1.78 bits per heavy atom. The number of amides is 1. The molecule has 2 unspecified atom stereocenters. The summed E-state index contributed by atoms with van der Waals surface area (Å²) in [5, 5.41) is 13.0. The fourth-order valence-electron chi connectivity index (χ4n) is 7.21. The quantitative estimate of drug-likeness (QED) is 0.327. The van der Waals surface area contributed by atoms with E-state index in [0.29, 0.717) is 42.4 Å². The van der Waals surface area contributed by atoms with E-state index in [1.54, 1.807) is 24.3 Å². The molecule has 1 heterocycles. The fraction of sp³-hybridized carbons (Fsp3) is 0.654. The van der Waals surface area contributed by atoms with Crippen molar-refractivity contribution in [1.82, 2.24) is 9.62 Å². The largest absolute Gasteiger partial charge is 0.480 e. The number of nitrogens with two attached hydrogens (primary N) is 1. The molecule has 0 radical (unpaired) electrons. The van der Waals surface area contributed by atoms with E-state index in [-0.39, 0.29) is 22.3 Å². The number of carbonyl (C=O) groups excluding carboxylic acids is 1. The molecule has 36 heavy (non-hydrogen) atoms. The lowest BCUT2D eigenvalue weighted by molar-refractivity contribution is -0.145. The molecule has 2 atom stereocenters. The van der Waals surface area contributed by atoms with Crippen molar-refractivity contribution in [2.45, 2.75) is 75.3 Å². The third-order valence-electron chi connectivity index (χ3n) is 8.73. The van der Waals surface area contributed by atoms with Crippen LogP contribution in [0.15, 0.2) is 34.2 Å². The minimum atomic E-state index is -3.50. The number of hydrogen-bond acceptors (Lipinski definition) is 6. The molecule has 4 aliphatic carbocycles. The topological polar surface area (TPSA) is 138 Å². The van der Waals surface area contributed by atoms with Gasteiger partial charge < -0.3 is 15.8 Å². The molecule has 5 aliphatic rings. The molecular weight excluding hydrogens is 478 g/mol. The van der Waals surface area contributed by atoms with Gasteiger partial charge in [-0.15, -0.1) is 0 Å². The van der Waals surface area contributed by atoms with Gasteiger partial charge in [0.25, 0.3) is 0 Å². The van der Waals surface area contributed by atoms with E-state index in [4.69, 9.17) is 10.5 Å². The minimum absolute atomic E-state index is 0.108. The molecular formula is C26H35N5O4S. The predicted octanol–water partition coefficient (Wildman–Crippen LogP) is 2.78. The second-order valence-corrected chi connectivity index (χ2v) is 13.5. The Bertz CT molecular complexity index is 1180. The summed E-state index contributed by atoms with van der Waals surface area (Å²) in [6.45, 7) is 4.79. The van der Waals surface area contributed by atoms with Crippen LogP contribution in [0.25, 0.3) is 0 Å². The van der Waals surface area contributed by atoms with E-state index in [2.05, 4.69) is 10.3 Å². The van der Waals surface area contributed by atoms with E-state index in [9.17, 15) is 18.5 Å². The van der Waals surface area contributed by atoms with Gasteiger partial charge in [-0.3, -0.25) is 4.79 Å². The average molecular weight is 514 g/mol. The highest BCUT2D eigenvalue weighted by atomic mass is 32.2. The standard InChI is InChI=1S/C26H35N5O4S/c1-25(2,35-20-5-7-21(8-6-20)36(33,34)31-9-3-4-10-31)24(29-16-27)30-22-18-11-17-12-19(22)15-26(13-17,14-18)23(28)32/h5-8,17-19,22H,3-4,9-15H2,1-2H3,(H2,28,32)(H,29,30). The zero-order valence-corrected chi connectivity index (χ0v) is 21.8. The van der Waals surface area contributed by atoms with Gasteiger partial charge in [0.05, 0.1) is 4.90 Å². The Kier molecular flexibility index (Phi) is 6.28. The highest BCUT2D eigenvalue weighted by Gasteiger charge is 2.58. The lowest BCUT2D eigenvalue weighted by Gasteiger charge is -2.59. The van der Waals surface area contributed by atoms with Gasteiger partial charge in [-0.1, -0.05) is 0 Å². The van der Waals surface area contributed by atoms with Gasteiger partial charge in [0.15, 0.2) is 11.4 Å². The van der Waals surface area contributed by atoms with Crippen molar-refractivity contribution in [3.8, 4) is 11.9 Å². The Labute approximate surface area is 213 Å². The predicted molar refractivity (Wildman–Crippen MR) is 134 cm³/mol. The van der Waals surface area contributed by atoms with Crippen LogP contribution in [0.2, 0.25) is 0 Å². The van der Waals surface area contributed by atoms with Gasteiger partial charge in [-0.2, -0.15) is 14.6 Å². The molecule has 4 bridgehead atoms. The number of hydrogen-bond donors (Lipinski definition) is 2. The minimum Gasteiger partial charge on any atom is -0.480 e. The molecule has 194 valence electrons. The zero-order valence-electron chi connectivity index (χ0n) is 20.9. The zero-order chi connectivity index (χ0) is 25.7. The number of aliphatic imine (C=N–C) groups is 1. The van der Waals surface area contributed by atoms with Crippen LogP contribution in [0, 0.1) is 34.6 Å². The molecule has 4 saturated carbocycles. The van der Waals surface area contributed by atoms with Crippen molar-refractivity contribution in [2.24, 2.45) is 33.9 Å². The Morgan fingerprint density at radius 3 is 2.33 bits per heavy atom. The van der Waals surface area contributed by atoms with Crippen molar-refractivity contribution in [1.29, 1.82) is 5.26 Å². The number of sulfonamides is 1. The van der Waals surface area contributed by atoms with Crippen LogP contribution >= 0.6 is 0 Å². The maximum Gasteiger partial charge on any atom is 0.243 e. The monoisotopic (exact) mass is 513 g/mol. The summed E-state index contributed by atoms with van der Waals surface area (Å²) in [5.41, 5.74) is 4.49. The number of ether oxygens (including phenoxy) is 1. The van der Waals surface area contributed by atoms with Crippen LogP contribution in [0.4, 0.5) is 0 Å². The van der Waals surface area contributed by atoms with Gasteiger partial charge >= 0.3 is 0 Å². The van der Waals surface area contributed by atoms with Crippen LogP contribution in [0.1, 0.15) is 58.8 Å². The van der Waals surface area contributed by atoms with Crippen molar-refractivity contribution >= 4 is 21.8 Å². The third kappa shape index (κ3) is 4.37. The highest BCUT2D eigenvalue weighted by Crippen LogP contribution is 2.60. The second kappa shape index (κ2) is 9.03. The van der Waals surface area contributed by atoms with E-state index >= 15 is 0 Å². The normalized spacial score (nSPS) is 32.3. The summed E-state index contributed by atoms with van der Waals surface area (Å²) in [4.78, 5) is 16.6. The summed E-state index contributed by atoms with van der Waals surface area (Å²) >= 11 is 0. The van der Waals surface area contributed by atoms with Gasteiger partial charge in [-0.05, 0) is 101 Å². The van der Waals surface area contributed by atoms with Crippen molar-refractivity contribution in [2.75, 3.05) is 13.1 Å². The first-order valence-corrected chi connectivity index (χ1v) is 14.3. The molecule has 3 N–H and O–H groups in total. The highest BCUT2D eigenvalue weighted by molar-refractivity contribution is 7.89. The van der Waals surface area contributed by atoms with Gasteiger partial charge in [0.2, 0.25) is 22.1 Å². The van der Waals surface area contributed by atoms with Crippen LogP contribution in [0.3, 0.4) is 0 Å². The first-order chi connectivity index (χ1) is 17.0. The number of nitrogens with zero attached hydrogens (tertiary/aromatic N) is 3. The fourth-order valence-corrected chi connectivity index (χ4v) is 8.73. The summed E-state index contributed by atoms with van der Waals surface area (Å²) < 4.78 is 33.4. The third-order valence-corrected chi connectivity index (χ3v) is 10.6. The number of nitriles is 1. The molecule has 6 rings (SSSR count). The van der Waals surface area contributed by atoms with Crippen LogP contribution in [-0.2, 0) is 14.8 Å². The maximum absolute atomic E-state index is 12.8. The smallest absolute Gasteiger partial charge is 0.243 e. The average Bonchev–Trinajstić information content (AvgIpc) is 3.36. The number of rotatable bonds is 7. The van der Waals surface area contributed by atoms with E-state index in [1.807, 2.05) is 20.0 Å². The number of benzene rings is 1. The van der Waals surface area contributed by atoms with Crippen LogP contribution in [0.5, 0.6) is 5.75 Å². The molecule has 5 fully saturated rings. The Balaban J connectivity index is 1.30. The van der Waals surface area contributed by atoms with E-state index in [1.165, 1.54) is 4.31 Å². The molecule has 0 aromatic heterocycles. The summed E-state index contributed by atoms with van der Waals surface area (Å²) in [5.74, 6) is 1.89. The van der Waals surface area contributed by atoms with Gasteiger partial charge in [0, 0.05) is 24.5 Å². The lowest BCUT2D eigenvalue weighted by atomic mass is 9.47. The van der Waals surface area contributed by atoms with E-state index < -0.39 is 15.6 Å². The van der Waals surface area contributed by atoms with Crippen LogP contribution < -0.4 is 15.8 Å². The number of primary amides is 1. The maximum atomic E-state index is 12.8. The Morgan fingerprint density at radius 1 is 1.17 bits per heavy atom. The van der Waals surface area contributed by atoms with Crippen LogP contribution in [-0.4, -0.2) is 49.2 Å². The summed E-state index contributed by atoms with van der Waals surface area (Å²) in [7, 11) is -3.50. The summed E-state index contributed by atoms with van der Waals surface area (Å²) in [6.07, 6.45) is 8.24. The molecule has 1 amide bonds. The van der Waals surface area contributed by atoms with Crippen molar-refractivity contribution in [3.05, 3.63) is 24.3 Å². The number of nitrogens with one attached hydrogen (secondary N) is 1. The van der Waals surface area contributed by atoms with Crippen molar-refractivity contribution in [3.63, 3.8) is 0 Å². The van der Waals surface area contributed by atoms with E-state index in [0.717, 1.165) is 44.9 Å². The molecule has 1 aromatic rings. The summed E-state index contributed by atoms with van der Waals surface area (Å²) in [6, 6.07) is 6.53. The van der Waals surface area contributed by atoms with Gasteiger partial charge in [0.1, 0.15) is 5.75 Å². The second-order valence-electron chi connectivity index (χ2n) is 11.5. The van der Waals surface area contributed by atoms with Crippen molar-refractivity contribution < 1.29 is 17.9 Å². The SMILES string of the molecule is CC(C)(Oc1ccc(S(=O)(=O)N2CCCC2)cc1)/C(=N\C#N)NC1C2CC3CC1CC(C(N)=O)(C3)C2. The lowest BCUT2D eigenvalue weighted by Crippen LogP contribution is -2.64. The molecule has 9 nitrogen and oxygen atoms in total. The molecule has 1 aromatic carbocycles.